The normalized spacial score (nSPS) is 11.9. The lowest BCUT2D eigenvalue weighted by molar-refractivity contribution is 0.484. The Hall–Kier alpha value is -1.39. The number of rotatable bonds is 11. The molecule has 0 amide bonds. The first-order chi connectivity index (χ1) is 12.0. The van der Waals surface area contributed by atoms with Gasteiger partial charge in [0.25, 0.3) is 10.1 Å². The van der Waals surface area contributed by atoms with Crippen LogP contribution in [0.25, 0.3) is 10.8 Å². The van der Waals surface area contributed by atoms with Gasteiger partial charge in [-0.3, -0.25) is 4.55 Å². The topological polar surface area (TPSA) is 54.4 Å². The standard InChI is InChI=1S/C21H30O3S/c1-2-3-4-5-6-7-8-9-10-13-18-14-11-15-19-16-12-17-20(21(18)19)25(22,23)24/h11-12,14-17H,2-10,13H2,1H3,(H,22,23,24). The predicted molar refractivity (Wildman–Crippen MR) is 105 cm³/mol. The third-order valence-corrected chi connectivity index (χ3v) is 5.68. The lowest BCUT2D eigenvalue weighted by atomic mass is 9.99. The van der Waals surface area contributed by atoms with Gasteiger partial charge in [-0.05, 0) is 29.9 Å². The van der Waals surface area contributed by atoms with E-state index < -0.39 is 10.1 Å². The van der Waals surface area contributed by atoms with Crippen molar-refractivity contribution in [1.82, 2.24) is 0 Å². The third-order valence-electron chi connectivity index (χ3n) is 4.78. The van der Waals surface area contributed by atoms with E-state index in [0.29, 0.717) is 5.39 Å². The van der Waals surface area contributed by atoms with Gasteiger partial charge < -0.3 is 0 Å². The van der Waals surface area contributed by atoms with E-state index in [-0.39, 0.29) is 4.90 Å². The van der Waals surface area contributed by atoms with Gasteiger partial charge in [0.05, 0.1) is 0 Å². The van der Waals surface area contributed by atoms with E-state index in [4.69, 9.17) is 0 Å². The zero-order chi connectivity index (χ0) is 18.1. The Balaban J connectivity index is 1.91. The molecule has 1 N–H and O–H groups in total. The van der Waals surface area contributed by atoms with Gasteiger partial charge in [0, 0.05) is 5.39 Å². The zero-order valence-electron chi connectivity index (χ0n) is 15.2. The maximum absolute atomic E-state index is 11.7. The van der Waals surface area contributed by atoms with Crippen LogP contribution in [0, 0.1) is 0 Å². The van der Waals surface area contributed by atoms with Crippen molar-refractivity contribution in [3.8, 4) is 0 Å². The van der Waals surface area contributed by atoms with Crippen molar-refractivity contribution in [3.63, 3.8) is 0 Å². The van der Waals surface area contributed by atoms with Crippen LogP contribution in [0.5, 0.6) is 0 Å². The van der Waals surface area contributed by atoms with Crippen LogP contribution >= 0.6 is 0 Å². The molecule has 4 heteroatoms. The molecule has 0 heterocycles. The molecule has 0 radical (unpaired) electrons. The van der Waals surface area contributed by atoms with Crippen molar-refractivity contribution < 1.29 is 13.0 Å². The van der Waals surface area contributed by atoms with Crippen LogP contribution in [0.2, 0.25) is 0 Å². The maximum atomic E-state index is 11.7. The van der Waals surface area contributed by atoms with Gasteiger partial charge in [-0.1, -0.05) is 88.6 Å². The number of unbranched alkanes of at least 4 members (excludes halogenated alkanes) is 8. The van der Waals surface area contributed by atoms with Gasteiger partial charge in [0.15, 0.2) is 0 Å². The lowest BCUT2D eigenvalue weighted by Crippen LogP contribution is -2.01. The molecule has 3 nitrogen and oxygen atoms in total. The van der Waals surface area contributed by atoms with Crippen molar-refractivity contribution >= 4 is 20.9 Å². The Morgan fingerprint density at radius 3 is 1.96 bits per heavy atom. The molecule has 0 spiro atoms. The number of fused-ring (bicyclic) bond motifs is 1. The second-order valence-corrected chi connectivity index (χ2v) is 8.21. The second-order valence-electron chi connectivity index (χ2n) is 6.82. The summed E-state index contributed by atoms with van der Waals surface area (Å²) >= 11 is 0. The molecule has 0 aliphatic carbocycles. The average molecular weight is 363 g/mol. The smallest absolute Gasteiger partial charge is 0.282 e. The molecule has 0 unspecified atom stereocenters. The van der Waals surface area contributed by atoms with Gasteiger partial charge in [-0.25, -0.2) is 0 Å². The lowest BCUT2D eigenvalue weighted by Gasteiger charge is -2.10. The highest BCUT2D eigenvalue weighted by Gasteiger charge is 2.15. The largest absolute Gasteiger partial charge is 0.295 e. The molecule has 0 saturated heterocycles. The summed E-state index contributed by atoms with van der Waals surface area (Å²) in [7, 11) is -4.20. The highest BCUT2D eigenvalue weighted by Crippen LogP contribution is 2.27. The Morgan fingerprint density at radius 1 is 0.800 bits per heavy atom. The molecular weight excluding hydrogens is 332 g/mol. The van der Waals surface area contributed by atoms with E-state index in [9.17, 15) is 13.0 Å². The van der Waals surface area contributed by atoms with Crippen molar-refractivity contribution in [1.29, 1.82) is 0 Å². The van der Waals surface area contributed by atoms with Gasteiger partial charge in [0.1, 0.15) is 4.90 Å². The minimum absolute atomic E-state index is 0.0246. The fourth-order valence-corrected chi connectivity index (χ4v) is 4.19. The van der Waals surface area contributed by atoms with Crippen LogP contribution in [0.1, 0.15) is 70.3 Å². The second kappa shape index (κ2) is 9.93. The first kappa shape index (κ1) is 19.9. The SMILES string of the molecule is CCCCCCCCCCCc1cccc2cccc(S(=O)(=O)O)c12. The summed E-state index contributed by atoms with van der Waals surface area (Å²) in [6.45, 7) is 2.24. The van der Waals surface area contributed by atoms with E-state index in [1.54, 1.807) is 6.07 Å². The molecule has 2 rings (SSSR count). The summed E-state index contributed by atoms with van der Waals surface area (Å²) < 4.78 is 32.9. The molecule has 0 bridgehead atoms. The first-order valence-electron chi connectivity index (χ1n) is 9.52. The van der Waals surface area contributed by atoms with Crippen LogP contribution in [-0.2, 0) is 16.5 Å². The van der Waals surface area contributed by atoms with E-state index in [0.717, 1.165) is 30.2 Å². The molecule has 2 aromatic rings. The van der Waals surface area contributed by atoms with Gasteiger partial charge in [-0.2, -0.15) is 8.42 Å². The van der Waals surface area contributed by atoms with Crippen LogP contribution in [0.3, 0.4) is 0 Å². The molecule has 2 aromatic carbocycles. The number of benzene rings is 2. The third kappa shape index (κ3) is 6.12. The summed E-state index contributed by atoms with van der Waals surface area (Å²) in [5.41, 5.74) is 1.01. The van der Waals surface area contributed by atoms with Crippen molar-refractivity contribution in [3.05, 3.63) is 42.0 Å². The van der Waals surface area contributed by atoms with Crippen LogP contribution in [-0.4, -0.2) is 13.0 Å². The fourth-order valence-electron chi connectivity index (χ4n) is 3.43. The molecule has 25 heavy (non-hydrogen) atoms. The molecule has 0 saturated carbocycles. The fraction of sp³-hybridized carbons (Fsp3) is 0.524. The van der Waals surface area contributed by atoms with Crippen LogP contribution in [0.15, 0.2) is 41.3 Å². The van der Waals surface area contributed by atoms with Crippen LogP contribution < -0.4 is 0 Å². The first-order valence-corrected chi connectivity index (χ1v) is 11.0. The Kier molecular flexibility index (Phi) is 7.91. The predicted octanol–water partition coefficient (Wildman–Crippen LogP) is 6.16. The Morgan fingerprint density at radius 2 is 1.36 bits per heavy atom. The summed E-state index contributed by atoms with van der Waals surface area (Å²) in [6, 6.07) is 10.9. The minimum atomic E-state index is -4.20. The molecule has 0 fully saturated rings. The molecular formula is C21H30O3S. The van der Waals surface area contributed by atoms with E-state index in [1.165, 1.54) is 51.0 Å². The Bertz CT molecular complexity index is 761. The Labute approximate surface area is 152 Å². The summed E-state index contributed by atoms with van der Waals surface area (Å²) in [5.74, 6) is 0. The van der Waals surface area contributed by atoms with Gasteiger partial charge >= 0.3 is 0 Å². The van der Waals surface area contributed by atoms with Crippen molar-refractivity contribution in [2.45, 2.75) is 76.0 Å². The molecule has 138 valence electrons. The summed E-state index contributed by atoms with van der Waals surface area (Å²) in [6.07, 6.45) is 12.2. The quantitative estimate of drug-likeness (QED) is 0.385. The maximum Gasteiger partial charge on any atom is 0.295 e. The van der Waals surface area contributed by atoms with Crippen molar-refractivity contribution in [2.24, 2.45) is 0 Å². The number of hydrogen-bond acceptors (Lipinski definition) is 2. The molecule has 0 aliphatic heterocycles. The number of aryl methyl sites for hydroxylation is 1. The monoisotopic (exact) mass is 362 g/mol. The molecule has 0 aliphatic rings. The highest BCUT2D eigenvalue weighted by atomic mass is 32.2. The highest BCUT2D eigenvalue weighted by molar-refractivity contribution is 7.86. The summed E-state index contributed by atoms with van der Waals surface area (Å²) in [4.78, 5) is 0.0246. The average Bonchev–Trinajstić information content (AvgIpc) is 2.59. The summed E-state index contributed by atoms with van der Waals surface area (Å²) in [5, 5.41) is 1.54. The minimum Gasteiger partial charge on any atom is -0.282 e. The van der Waals surface area contributed by atoms with Gasteiger partial charge in [0.2, 0.25) is 0 Å². The zero-order valence-corrected chi connectivity index (χ0v) is 16.0. The van der Waals surface area contributed by atoms with E-state index in [2.05, 4.69) is 6.92 Å². The van der Waals surface area contributed by atoms with Gasteiger partial charge in [-0.15, -0.1) is 0 Å². The van der Waals surface area contributed by atoms with E-state index >= 15 is 0 Å². The number of hydrogen-bond donors (Lipinski definition) is 1. The van der Waals surface area contributed by atoms with E-state index in [1.807, 2.05) is 24.3 Å². The van der Waals surface area contributed by atoms with Crippen LogP contribution in [0.4, 0.5) is 0 Å². The van der Waals surface area contributed by atoms with Crippen molar-refractivity contribution in [2.75, 3.05) is 0 Å². The molecule has 0 atom stereocenters. The molecule has 0 aromatic heterocycles.